The maximum atomic E-state index is 11.9. The lowest BCUT2D eigenvalue weighted by Crippen LogP contribution is -2.21. The van der Waals surface area contributed by atoms with Crippen molar-refractivity contribution in [1.82, 2.24) is 4.98 Å². The smallest absolute Gasteiger partial charge is 0.355 e. The summed E-state index contributed by atoms with van der Waals surface area (Å²) >= 11 is 0. The molecule has 2 aromatic rings. The van der Waals surface area contributed by atoms with Gasteiger partial charge in [0.2, 0.25) is 0 Å². The van der Waals surface area contributed by atoms with E-state index in [0.29, 0.717) is 17.0 Å². The van der Waals surface area contributed by atoms with E-state index in [1.54, 1.807) is 12.1 Å². The Bertz CT molecular complexity index is 779. The second-order valence-electron chi connectivity index (χ2n) is 5.19. The number of H-pyrrole nitrogens is 1. The highest BCUT2D eigenvalue weighted by molar-refractivity contribution is 5.99. The number of ether oxygens (including phenoxy) is 2. The summed E-state index contributed by atoms with van der Waals surface area (Å²) in [6.45, 7) is 2.82. The van der Waals surface area contributed by atoms with Gasteiger partial charge in [-0.15, -0.1) is 0 Å². The summed E-state index contributed by atoms with van der Waals surface area (Å²) in [5.74, 6) is -0.871. The molecule has 126 valence electrons. The highest BCUT2D eigenvalue weighted by Crippen LogP contribution is 2.25. The molecule has 7 nitrogen and oxygen atoms in total. The molecule has 1 aromatic heterocycles. The van der Waals surface area contributed by atoms with Crippen LogP contribution in [-0.2, 0) is 9.53 Å². The van der Waals surface area contributed by atoms with Crippen LogP contribution in [0.5, 0.6) is 5.75 Å². The van der Waals surface area contributed by atoms with E-state index in [9.17, 15) is 14.4 Å². The fraction of sp³-hybridized carbons (Fsp3) is 0.235. The summed E-state index contributed by atoms with van der Waals surface area (Å²) in [6.07, 6.45) is 1.41. The van der Waals surface area contributed by atoms with Crippen molar-refractivity contribution in [2.75, 3.05) is 19.0 Å². The van der Waals surface area contributed by atoms with E-state index in [1.807, 2.05) is 13.0 Å². The topological polar surface area (TPSA) is 97.5 Å². The molecule has 0 aliphatic rings. The Kier molecular flexibility index (Phi) is 5.36. The van der Waals surface area contributed by atoms with Crippen LogP contribution in [0.3, 0.4) is 0 Å². The van der Waals surface area contributed by atoms with Crippen molar-refractivity contribution in [3.8, 4) is 5.75 Å². The van der Waals surface area contributed by atoms with E-state index in [1.165, 1.54) is 26.3 Å². The quantitative estimate of drug-likeness (QED) is 0.626. The first kappa shape index (κ1) is 17.3. The maximum absolute atomic E-state index is 11.9. The molecule has 2 N–H and O–H groups in total. The number of nitrogens with one attached hydrogen (secondary N) is 2. The van der Waals surface area contributed by atoms with Gasteiger partial charge in [0, 0.05) is 11.8 Å². The van der Waals surface area contributed by atoms with Crippen LogP contribution < -0.4 is 10.1 Å². The standard InChI is InChI=1S/C17H18N2O5/c1-10-4-5-15(23-3)13(6-10)19-16(21)9-24-17(22)14-7-12(8-18-14)11(2)20/h4-8,18H,9H2,1-3H3,(H,19,21). The van der Waals surface area contributed by atoms with Gasteiger partial charge in [-0.25, -0.2) is 4.79 Å². The number of carbonyl (C=O) groups excluding carboxylic acids is 3. The van der Waals surface area contributed by atoms with Gasteiger partial charge in [0.05, 0.1) is 12.8 Å². The van der Waals surface area contributed by atoms with E-state index in [4.69, 9.17) is 9.47 Å². The van der Waals surface area contributed by atoms with Crippen LogP contribution in [0, 0.1) is 6.92 Å². The van der Waals surface area contributed by atoms with Gasteiger partial charge in [-0.1, -0.05) is 6.07 Å². The van der Waals surface area contributed by atoms with E-state index in [2.05, 4.69) is 10.3 Å². The first-order valence-electron chi connectivity index (χ1n) is 7.21. The Morgan fingerprint density at radius 2 is 1.96 bits per heavy atom. The highest BCUT2D eigenvalue weighted by Gasteiger charge is 2.15. The Balaban J connectivity index is 1.94. The number of ketones is 1. The zero-order valence-electron chi connectivity index (χ0n) is 13.6. The third kappa shape index (κ3) is 4.22. The Morgan fingerprint density at radius 3 is 2.58 bits per heavy atom. The zero-order chi connectivity index (χ0) is 17.7. The average molecular weight is 330 g/mol. The van der Waals surface area contributed by atoms with Crippen molar-refractivity contribution in [2.24, 2.45) is 0 Å². The predicted molar refractivity (Wildman–Crippen MR) is 87.4 cm³/mol. The normalized spacial score (nSPS) is 10.1. The number of Topliss-reactive ketones (excluding diaryl/α,β-unsaturated/α-hetero) is 1. The highest BCUT2D eigenvalue weighted by atomic mass is 16.5. The molecule has 1 amide bonds. The molecule has 0 aliphatic carbocycles. The molecule has 0 aliphatic heterocycles. The van der Waals surface area contributed by atoms with E-state index in [-0.39, 0.29) is 11.5 Å². The van der Waals surface area contributed by atoms with Gasteiger partial charge in [0.1, 0.15) is 11.4 Å². The van der Waals surface area contributed by atoms with Crippen molar-refractivity contribution in [1.29, 1.82) is 0 Å². The van der Waals surface area contributed by atoms with Gasteiger partial charge in [-0.2, -0.15) is 0 Å². The molecule has 2 rings (SSSR count). The number of benzene rings is 1. The molecule has 0 radical (unpaired) electrons. The summed E-state index contributed by atoms with van der Waals surface area (Å²) in [4.78, 5) is 37.6. The Hall–Kier alpha value is -3.09. The average Bonchev–Trinajstić information content (AvgIpc) is 3.03. The van der Waals surface area contributed by atoms with Gasteiger partial charge in [-0.05, 0) is 37.6 Å². The molecular weight excluding hydrogens is 312 g/mol. The first-order valence-corrected chi connectivity index (χ1v) is 7.21. The second-order valence-corrected chi connectivity index (χ2v) is 5.19. The van der Waals surface area contributed by atoms with Crippen LogP contribution in [0.2, 0.25) is 0 Å². The maximum Gasteiger partial charge on any atom is 0.355 e. The lowest BCUT2D eigenvalue weighted by molar-refractivity contribution is -0.119. The Morgan fingerprint density at radius 1 is 1.21 bits per heavy atom. The molecule has 0 spiro atoms. The molecule has 0 unspecified atom stereocenters. The van der Waals surface area contributed by atoms with Crippen molar-refractivity contribution in [2.45, 2.75) is 13.8 Å². The summed E-state index contributed by atoms with van der Waals surface area (Å²) < 4.78 is 10.1. The lowest BCUT2D eigenvalue weighted by atomic mass is 10.2. The minimum Gasteiger partial charge on any atom is -0.495 e. The summed E-state index contributed by atoms with van der Waals surface area (Å²) in [7, 11) is 1.50. The number of amides is 1. The van der Waals surface area contributed by atoms with Crippen LogP contribution in [0.4, 0.5) is 5.69 Å². The molecule has 24 heavy (non-hydrogen) atoms. The van der Waals surface area contributed by atoms with Crippen molar-refractivity contribution >= 4 is 23.3 Å². The van der Waals surface area contributed by atoms with Gasteiger partial charge >= 0.3 is 5.97 Å². The van der Waals surface area contributed by atoms with Crippen LogP contribution in [-0.4, -0.2) is 36.4 Å². The summed E-state index contributed by atoms with van der Waals surface area (Å²) in [5.41, 5.74) is 1.93. The van der Waals surface area contributed by atoms with Crippen LogP contribution in [0.1, 0.15) is 33.3 Å². The number of hydrogen-bond acceptors (Lipinski definition) is 5. The molecular formula is C17H18N2O5. The minimum atomic E-state index is -0.714. The molecule has 7 heteroatoms. The monoisotopic (exact) mass is 330 g/mol. The van der Waals surface area contributed by atoms with Crippen molar-refractivity contribution in [3.05, 3.63) is 47.3 Å². The number of aromatic amines is 1. The number of hydrogen-bond donors (Lipinski definition) is 2. The number of rotatable bonds is 6. The SMILES string of the molecule is COc1ccc(C)cc1NC(=O)COC(=O)c1cc(C(C)=O)c[nH]1. The molecule has 1 heterocycles. The van der Waals surface area contributed by atoms with Crippen LogP contribution in [0.25, 0.3) is 0 Å². The van der Waals surface area contributed by atoms with E-state index >= 15 is 0 Å². The third-order valence-corrected chi connectivity index (χ3v) is 3.27. The fourth-order valence-corrected chi connectivity index (χ4v) is 2.03. The number of aromatic nitrogens is 1. The lowest BCUT2D eigenvalue weighted by Gasteiger charge is -2.11. The number of anilines is 1. The fourth-order valence-electron chi connectivity index (χ4n) is 2.03. The molecule has 0 fully saturated rings. The second kappa shape index (κ2) is 7.45. The third-order valence-electron chi connectivity index (χ3n) is 3.27. The minimum absolute atomic E-state index is 0.112. The number of aryl methyl sites for hydroxylation is 1. The summed E-state index contributed by atoms with van der Waals surface area (Å²) in [6, 6.07) is 6.72. The van der Waals surface area contributed by atoms with Gasteiger partial charge in [-0.3, -0.25) is 9.59 Å². The molecule has 1 aromatic carbocycles. The number of esters is 1. The van der Waals surface area contributed by atoms with Crippen molar-refractivity contribution in [3.63, 3.8) is 0 Å². The molecule has 0 saturated heterocycles. The predicted octanol–water partition coefficient (Wildman–Crippen LogP) is 2.33. The molecule has 0 bridgehead atoms. The van der Waals surface area contributed by atoms with Crippen molar-refractivity contribution < 1.29 is 23.9 Å². The summed E-state index contributed by atoms with van der Waals surface area (Å²) in [5, 5.41) is 2.63. The first-order chi connectivity index (χ1) is 11.4. The largest absolute Gasteiger partial charge is 0.495 e. The number of carbonyl (C=O) groups is 3. The Labute approximate surface area is 139 Å². The van der Waals surface area contributed by atoms with Crippen LogP contribution >= 0.6 is 0 Å². The van der Waals surface area contributed by atoms with Gasteiger partial charge in [0.25, 0.3) is 5.91 Å². The van der Waals surface area contributed by atoms with Gasteiger partial charge in [0.15, 0.2) is 12.4 Å². The number of methoxy groups -OCH3 is 1. The van der Waals surface area contributed by atoms with E-state index in [0.717, 1.165) is 5.56 Å². The molecule has 0 saturated carbocycles. The zero-order valence-corrected chi connectivity index (χ0v) is 13.6. The van der Waals surface area contributed by atoms with Gasteiger partial charge < -0.3 is 19.8 Å². The van der Waals surface area contributed by atoms with E-state index < -0.39 is 18.5 Å². The van der Waals surface area contributed by atoms with Crippen LogP contribution in [0.15, 0.2) is 30.5 Å². The molecule has 0 atom stereocenters.